The van der Waals surface area contributed by atoms with Gasteiger partial charge in [-0.15, -0.1) is 0 Å². The number of nitrogens with zero attached hydrogens (tertiary/aromatic N) is 1. The van der Waals surface area contributed by atoms with Gasteiger partial charge in [-0.25, -0.2) is 4.79 Å². The summed E-state index contributed by atoms with van der Waals surface area (Å²) < 4.78 is 0. The van der Waals surface area contributed by atoms with E-state index < -0.39 is 63.9 Å². The number of guanidine groups is 1. The first kappa shape index (κ1) is 35.3. The molecule has 252 valence electrons. The van der Waals surface area contributed by atoms with Crippen molar-refractivity contribution in [3.63, 3.8) is 0 Å². The van der Waals surface area contributed by atoms with Gasteiger partial charge in [-0.3, -0.25) is 14.6 Å². The summed E-state index contributed by atoms with van der Waals surface area (Å²) in [5, 5.41) is 54.7. The average molecular weight is 632 g/mol. The highest BCUT2D eigenvalue weighted by atomic mass is 16.4. The number of Topliss-reactive ketones (excluding diaryl/α,β-unsaturated/α-hetero) is 2. The summed E-state index contributed by atoms with van der Waals surface area (Å²) in [6.07, 6.45) is -1.55. The monoisotopic (exact) mass is 631 g/mol. The summed E-state index contributed by atoms with van der Waals surface area (Å²) in [7, 11) is 0. The normalized spacial score (nSPS) is 38.9. The SMILES string of the molecule is C[C@H]([C@@H](CN=C(N)N)[C@H](O)/C=C(\C[C@H](C)O)C(=O)O)[C@H]1C[C@H](O)[C@@]2(C)C3=C(C(=O)C[C@]12C)[C@@]1(C)CCC(=O)C(C)(C)[C@H]1C[C@H]3O. The molecule has 0 heterocycles. The number of ketones is 2. The van der Waals surface area contributed by atoms with Gasteiger partial charge in [0, 0.05) is 59.1 Å². The Bertz CT molecular complexity index is 1330. The number of carbonyl (C=O) groups excluding carboxylic acids is 2. The molecule has 4 aliphatic rings. The fraction of sp³-hybridized carbons (Fsp3) is 0.765. The molecule has 9 N–H and O–H groups in total. The number of hydrogen-bond acceptors (Lipinski definition) is 8. The van der Waals surface area contributed by atoms with Crippen LogP contribution in [0.1, 0.15) is 87.0 Å². The summed E-state index contributed by atoms with van der Waals surface area (Å²) in [5.41, 5.74) is 9.17. The number of fused-ring (bicyclic) bond motifs is 4. The number of aliphatic hydroxyl groups is 4. The number of nitrogens with two attached hydrogens (primary N) is 2. The summed E-state index contributed by atoms with van der Waals surface area (Å²) in [4.78, 5) is 43.5. The van der Waals surface area contributed by atoms with Gasteiger partial charge in [-0.2, -0.15) is 0 Å². The van der Waals surface area contributed by atoms with Gasteiger partial charge < -0.3 is 37.0 Å². The third kappa shape index (κ3) is 5.47. The van der Waals surface area contributed by atoms with Crippen molar-refractivity contribution in [3.8, 4) is 0 Å². The van der Waals surface area contributed by atoms with Gasteiger partial charge in [0.1, 0.15) is 5.78 Å². The molecule has 4 rings (SSSR count). The fourth-order valence-corrected chi connectivity index (χ4v) is 10.1. The molecule has 0 amide bonds. The standard InChI is InChI=1S/C34H53N3O8/c1-16(38)10-18(29(44)45)11-21(39)19(15-37-30(35)36)17(2)20-12-26(43)34(7)28-22(40)13-24-31(3,4)25(42)8-9-32(24,5)27(28)23(41)14-33(20,34)6/h11,16-17,19-22,24,26,38-40,43H,8-10,12-15H2,1-7H3,(H,44,45)(H4,35,36,37)/b18-11+/t16-,17+,19+,20+,21+,22+,24+,26-,32-,33+,34-/m0/s1. The van der Waals surface area contributed by atoms with Gasteiger partial charge >= 0.3 is 5.97 Å². The lowest BCUT2D eigenvalue weighted by molar-refractivity contribution is -0.146. The Kier molecular flexibility index (Phi) is 9.31. The van der Waals surface area contributed by atoms with Gasteiger partial charge in [-0.05, 0) is 61.0 Å². The van der Waals surface area contributed by atoms with E-state index in [2.05, 4.69) is 4.99 Å². The highest BCUT2D eigenvalue weighted by molar-refractivity contribution is 6.01. The van der Waals surface area contributed by atoms with Crippen LogP contribution >= 0.6 is 0 Å². The van der Waals surface area contributed by atoms with Crippen LogP contribution in [-0.2, 0) is 14.4 Å². The van der Waals surface area contributed by atoms with Crippen molar-refractivity contribution in [2.75, 3.05) is 6.54 Å². The Morgan fingerprint density at radius 1 is 1.07 bits per heavy atom. The molecule has 0 unspecified atom stereocenters. The topological polar surface area (TPSA) is 217 Å². The van der Waals surface area contributed by atoms with Crippen molar-refractivity contribution >= 4 is 23.5 Å². The summed E-state index contributed by atoms with van der Waals surface area (Å²) in [6, 6.07) is 0. The Morgan fingerprint density at radius 3 is 2.24 bits per heavy atom. The summed E-state index contributed by atoms with van der Waals surface area (Å²) in [5.74, 6) is -3.08. The maximum atomic E-state index is 14.4. The molecule has 11 nitrogen and oxygen atoms in total. The molecule has 4 aliphatic carbocycles. The highest BCUT2D eigenvalue weighted by Crippen LogP contribution is 2.71. The molecule has 0 saturated heterocycles. The van der Waals surface area contributed by atoms with E-state index in [9.17, 15) is 39.9 Å². The minimum atomic E-state index is -1.31. The van der Waals surface area contributed by atoms with Crippen molar-refractivity contribution in [3.05, 3.63) is 22.8 Å². The first-order valence-corrected chi connectivity index (χ1v) is 16.2. The molecule has 0 spiro atoms. The number of allylic oxidation sites excluding steroid dienone is 1. The van der Waals surface area contributed by atoms with E-state index >= 15 is 0 Å². The predicted octanol–water partition coefficient (Wildman–Crippen LogP) is 2.09. The molecular weight excluding hydrogens is 578 g/mol. The van der Waals surface area contributed by atoms with Gasteiger partial charge in [0.15, 0.2) is 11.7 Å². The van der Waals surface area contributed by atoms with Crippen LogP contribution < -0.4 is 11.5 Å². The van der Waals surface area contributed by atoms with Gasteiger partial charge in [-0.1, -0.05) is 41.5 Å². The Morgan fingerprint density at radius 2 is 1.69 bits per heavy atom. The van der Waals surface area contributed by atoms with Crippen LogP contribution in [0.4, 0.5) is 0 Å². The number of carboxylic acids is 1. The van der Waals surface area contributed by atoms with Gasteiger partial charge in [0.2, 0.25) is 0 Å². The molecule has 11 heteroatoms. The third-order valence-corrected chi connectivity index (χ3v) is 12.8. The van der Waals surface area contributed by atoms with Crippen molar-refractivity contribution in [1.82, 2.24) is 0 Å². The quantitative estimate of drug-likeness (QED) is 0.112. The molecule has 0 aromatic rings. The maximum Gasteiger partial charge on any atom is 0.331 e. The van der Waals surface area contributed by atoms with E-state index in [0.29, 0.717) is 30.4 Å². The van der Waals surface area contributed by atoms with E-state index in [0.717, 1.165) is 0 Å². The molecule has 45 heavy (non-hydrogen) atoms. The van der Waals surface area contributed by atoms with Gasteiger partial charge in [0.25, 0.3) is 0 Å². The molecular formula is C34H53N3O8. The van der Waals surface area contributed by atoms with E-state index in [1.165, 1.54) is 13.0 Å². The lowest BCUT2D eigenvalue weighted by Crippen LogP contribution is -2.60. The molecule has 11 atom stereocenters. The van der Waals surface area contributed by atoms with Gasteiger partial charge in [0.05, 0.1) is 24.4 Å². The molecule has 0 aromatic heterocycles. The molecule has 0 radical (unpaired) electrons. The minimum Gasteiger partial charge on any atom is -0.478 e. The smallest absolute Gasteiger partial charge is 0.331 e. The van der Waals surface area contributed by atoms with Crippen LogP contribution in [0.15, 0.2) is 27.8 Å². The second-order valence-electron chi connectivity index (χ2n) is 15.6. The first-order chi connectivity index (χ1) is 20.6. The van der Waals surface area contributed by atoms with Crippen molar-refractivity contribution in [1.29, 1.82) is 0 Å². The average Bonchev–Trinajstić information content (AvgIpc) is 3.12. The second kappa shape index (κ2) is 11.9. The van der Waals surface area contributed by atoms with Crippen LogP contribution in [0.5, 0.6) is 0 Å². The number of carboxylic acid groups (broad SMARTS) is 1. The van der Waals surface area contributed by atoms with Crippen molar-refractivity contribution < 1.29 is 39.9 Å². The van der Waals surface area contributed by atoms with Crippen molar-refractivity contribution in [2.45, 2.75) is 111 Å². The van der Waals surface area contributed by atoms with E-state index in [1.54, 1.807) is 0 Å². The molecule has 0 bridgehead atoms. The number of aliphatic carboxylic acids is 1. The lowest BCUT2D eigenvalue weighted by Gasteiger charge is -2.61. The molecule has 0 aromatic carbocycles. The zero-order chi connectivity index (χ0) is 34.0. The predicted molar refractivity (Wildman–Crippen MR) is 169 cm³/mol. The minimum absolute atomic E-state index is 0.0322. The van der Waals surface area contributed by atoms with Crippen LogP contribution in [0.2, 0.25) is 0 Å². The van der Waals surface area contributed by atoms with Crippen molar-refractivity contribution in [2.24, 2.45) is 61.8 Å². The number of rotatable bonds is 9. The molecule has 2 fully saturated rings. The van der Waals surface area contributed by atoms with Crippen LogP contribution in [0, 0.1) is 45.3 Å². The van der Waals surface area contributed by atoms with E-state index in [-0.39, 0.29) is 60.7 Å². The number of hydrogen-bond donors (Lipinski definition) is 7. The summed E-state index contributed by atoms with van der Waals surface area (Å²) >= 11 is 0. The highest BCUT2D eigenvalue weighted by Gasteiger charge is 2.70. The Hall–Kier alpha value is -2.60. The molecule has 2 saturated carbocycles. The number of carbonyl (C=O) groups is 3. The zero-order valence-corrected chi connectivity index (χ0v) is 27.7. The van der Waals surface area contributed by atoms with Crippen LogP contribution in [-0.4, -0.2) is 80.0 Å². The number of aliphatic imine (C=N–C) groups is 1. The largest absolute Gasteiger partial charge is 0.478 e. The second-order valence-corrected chi connectivity index (χ2v) is 15.6. The Labute approximate surface area is 265 Å². The lowest BCUT2D eigenvalue weighted by atomic mass is 9.42. The zero-order valence-electron chi connectivity index (χ0n) is 27.7. The van der Waals surface area contributed by atoms with E-state index in [4.69, 9.17) is 11.5 Å². The first-order valence-electron chi connectivity index (χ1n) is 16.2. The van der Waals surface area contributed by atoms with Crippen LogP contribution in [0.3, 0.4) is 0 Å². The molecule has 0 aliphatic heterocycles. The third-order valence-electron chi connectivity index (χ3n) is 12.8. The van der Waals surface area contributed by atoms with E-state index in [1.807, 2.05) is 41.5 Å². The summed E-state index contributed by atoms with van der Waals surface area (Å²) in [6.45, 7) is 13.1. The number of aliphatic hydroxyl groups excluding tert-OH is 4. The Balaban J connectivity index is 1.81. The maximum absolute atomic E-state index is 14.4. The fourth-order valence-electron chi connectivity index (χ4n) is 10.1. The van der Waals surface area contributed by atoms with Crippen LogP contribution in [0.25, 0.3) is 0 Å².